The minimum atomic E-state index is -0.386. The molecule has 0 saturated heterocycles. The van der Waals surface area contributed by atoms with Crippen molar-refractivity contribution in [1.29, 1.82) is 0 Å². The second-order valence-electron chi connectivity index (χ2n) is 4.43. The normalized spacial score (nSPS) is 12.7. The van der Waals surface area contributed by atoms with Gasteiger partial charge in [0, 0.05) is 23.0 Å². The van der Waals surface area contributed by atoms with Gasteiger partial charge in [0.25, 0.3) is 0 Å². The van der Waals surface area contributed by atoms with Gasteiger partial charge in [0.05, 0.1) is 4.34 Å². The van der Waals surface area contributed by atoms with Gasteiger partial charge in [0.2, 0.25) is 0 Å². The molecule has 1 nitrogen and oxygen atoms in total. The Labute approximate surface area is 120 Å². The van der Waals surface area contributed by atoms with Crippen LogP contribution in [0.4, 0.5) is 8.78 Å². The Bertz CT molecular complexity index is 583. The van der Waals surface area contributed by atoms with E-state index < -0.39 is 0 Å². The first-order valence-corrected chi connectivity index (χ1v) is 7.10. The predicted molar refractivity (Wildman–Crippen MR) is 75.7 cm³/mol. The van der Waals surface area contributed by atoms with Gasteiger partial charge in [0.15, 0.2) is 0 Å². The summed E-state index contributed by atoms with van der Waals surface area (Å²) in [5.74, 6) is -0.771. The molecular formula is C14H14ClF2NS. The van der Waals surface area contributed by atoms with Crippen LogP contribution in [0, 0.1) is 18.6 Å². The zero-order valence-electron chi connectivity index (χ0n) is 10.6. The lowest BCUT2D eigenvalue weighted by molar-refractivity contribution is 0.518. The first-order chi connectivity index (χ1) is 8.97. The molecule has 0 radical (unpaired) electrons. The Kier molecular flexibility index (Phi) is 4.55. The van der Waals surface area contributed by atoms with Crippen LogP contribution in [0.1, 0.15) is 29.0 Å². The molecular weight excluding hydrogens is 288 g/mol. The largest absolute Gasteiger partial charge is 0.305 e. The second-order valence-corrected chi connectivity index (χ2v) is 6.23. The van der Waals surface area contributed by atoms with E-state index >= 15 is 0 Å². The highest BCUT2D eigenvalue weighted by molar-refractivity contribution is 7.16. The fraction of sp³-hybridized carbons (Fsp3) is 0.286. The number of aryl methyl sites for hydroxylation is 1. The molecule has 19 heavy (non-hydrogen) atoms. The number of rotatable bonds is 4. The number of benzene rings is 1. The number of halogens is 3. The van der Waals surface area contributed by atoms with Crippen LogP contribution < -0.4 is 5.32 Å². The zero-order valence-corrected chi connectivity index (χ0v) is 12.2. The molecule has 1 aromatic heterocycles. The van der Waals surface area contributed by atoms with Crippen molar-refractivity contribution in [2.24, 2.45) is 0 Å². The molecule has 2 rings (SSSR count). The Morgan fingerprint density at radius 1 is 1.26 bits per heavy atom. The summed E-state index contributed by atoms with van der Waals surface area (Å²) >= 11 is 7.31. The van der Waals surface area contributed by atoms with Gasteiger partial charge in [-0.2, -0.15) is 0 Å². The highest BCUT2D eigenvalue weighted by Gasteiger charge is 2.13. The third kappa shape index (κ3) is 3.53. The van der Waals surface area contributed by atoms with Crippen LogP contribution in [0.3, 0.4) is 0 Å². The average Bonchev–Trinajstić information content (AvgIpc) is 2.77. The summed E-state index contributed by atoms with van der Waals surface area (Å²) in [5, 5.41) is 3.16. The van der Waals surface area contributed by atoms with Crippen molar-refractivity contribution in [3.05, 3.63) is 56.2 Å². The van der Waals surface area contributed by atoms with E-state index in [0.29, 0.717) is 17.7 Å². The van der Waals surface area contributed by atoms with E-state index in [4.69, 9.17) is 11.6 Å². The van der Waals surface area contributed by atoms with E-state index in [1.54, 1.807) is 6.92 Å². The van der Waals surface area contributed by atoms with Gasteiger partial charge in [-0.25, -0.2) is 8.78 Å². The SMILES string of the molecule is Cc1cc(F)c(C(C)NCc2ccc(Cl)s2)cc1F. The Morgan fingerprint density at radius 3 is 2.63 bits per heavy atom. The molecule has 1 aromatic carbocycles. The van der Waals surface area contributed by atoms with E-state index in [0.717, 1.165) is 9.21 Å². The molecule has 1 heterocycles. The number of thiophene rings is 1. The lowest BCUT2D eigenvalue weighted by atomic mass is 10.1. The van der Waals surface area contributed by atoms with Gasteiger partial charge in [0.1, 0.15) is 11.6 Å². The van der Waals surface area contributed by atoms with E-state index in [1.165, 1.54) is 23.5 Å². The number of hydrogen-bond donors (Lipinski definition) is 1. The maximum atomic E-state index is 13.8. The summed E-state index contributed by atoms with van der Waals surface area (Å²) in [6, 6.07) is 5.95. The third-order valence-corrected chi connectivity index (χ3v) is 4.19. The smallest absolute Gasteiger partial charge is 0.128 e. The molecule has 1 atom stereocenters. The Hall–Kier alpha value is -0.970. The molecule has 1 N–H and O–H groups in total. The fourth-order valence-corrected chi connectivity index (χ4v) is 2.84. The molecule has 0 bridgehead atoms. The van der Waals surface area contributed by atoms with E-state index in [9.17, 15) is 8.78 Å². The quantitative estimate of drug-likeness (QED) is 0.852. The third-order valence-electron chi connectivity index (χ3n) is 2.96. The first-order valence-electron chi connectivity index (χ1n) is 5.90. The van der Waals surface area contributed by atoms with Gasteiger partial charge in [-0.15, -0.1) is 11.3 Å². The van der Waals surface area contributed by atoms with Gasteiger partial charge in [-0.05, 0) is 43.7 Å². The topological polar surface area (TPSA) is 12.0 Å². The number of nitrogens with one attached hydrogen (secondary N) is 1. The molecule has 0 aliphatic carbocycles. The molecule has 5 heteroatoms. The van der Waals surface area contributed by atoms with E-state index in [2.05, 4.69) is 5.32 Å². The standard InChI is InChI=1S/C14H14ClF2NS/c1-8-5-13(17)11(6-12(8)16)9(2)18-7-10-3-4-14(15)19-10/h3-6,9,18H,7H2,1-2H3. The van der Waals surface area contributed by atoms with Crippen molar-refractivity contribution in [2.45, 2.75) is 26.4 Å². The predicted octanol–water partition coefficient (Wildman–Crippen LogP) is 4.84. The van der Waals surface area contributed by atoms with Gasteiger partial charge in [-0.3, -0.25) is 0 Å². The van der Waals surface area contributed by atoms with Crippen molar-refractivity contribution < 1.29 is 8.78 Å². The Balaban J connectivity index is 2.07. The van der Waals surface area contributed by atoms with Crippen LogP contribution >= 0.6 is 22.9 Å². The molecule has 0 aliphatic heterocycles. The minimum absolute atomic E-state index is 0.268. The van der Waals surface area contributed by atoms with Crippen molar-refractivity contribution in [3.8, 4) is 0 Å². The summed E-state index contributed by atoms with van der Waals surface area (Å²) in [5.41, 5.74) is 0.657. The molecule has 0 spiro atoms. The lowest BCUT2D eigenvalue weighted by Crippen LogP contribution is -2.19. The van der Waals surface area contributed by atoms with Crippen molar-refractivity contribution in [2.75, 3.05) is 0 Å². The van der Waals surface area contributed by atoms with Crippen LogP contribution in [-0.2, 0) is 6.54 Å². The maximum Gasteiger partial charge on any atom is 0.128 e. The molecule has 0 amide bonds. The summed E-state index contributed by atoms with van der Waals surface area (Å²) in [6.07, 6.45) is 0. The maximum absolute atomic E-state index is 13.8. The van der Waals surface area contributed by atoms with Gasteiger partial charge in [-0.1, -0.05) is 11.6 Å². The molecule has 102 valence electrons. The van der Waals surface area contributed by atoms with Gasteiger partial charge < -0.3 is 5.32 Å². The average molecular weight is 302 g/mol. The minimum Gasteiger partial charge on any atom is -0.305 e. The highest BCUT2D eigenvalue weighted by atomic mass is 35.5. The highest BCUT2D eigenvalue weighted by Crippen LogP contribution is 2.24. The van der Waals surface area contributed by atoms with E-state index in [1.807, 2.05) is 19.1 Å². The molecule has 0 saturated carbocycles. The van der Waals surface area contributed by atoms with Crippen LogP contribution in [-0.4, -0.2) is 0 Å². The van der Waals surface area contributed by atoms with Crippen LogP contribution in [0.5, 0.6) is 0 Å². The van der Waals surface area contributed by atoms with Crippen LogP contribution in [0.2, 0.25) is 4.34 Å². The summed E-state index contributed by atoms with van der Waals surface area (Å²) in [7, 11) is 0. The summed E-state index contributed by atoms with van der Waals surface area (Å²) < 4.78 is 28.0. The summed E-state index contributed by atoms with van der Waals surface area (Å²) in [4.78, 5) is 1.06. The van der Waals surface area contributed by atoms with Crippen molar-refractivity contribution in [3.63, 3.8) is 0 Å². The Morgan fingerprint density at radius 2 is 2.00 bits per heavy atom. The fourth-order valence-electron chi connectivity index (χ4n) is 1.80. The van der Waals surface area contributed by atoms with Crippen molar-refractivity contribution in [1.82, 2.24) is 5.32 Å². The second kappa shape index (κ2) is 5.99. The molecule has 0 fully saturated rings. The first kappa shape index (κ1) is 14.4. The van der Waals surface area contributed by atoms with Crippen LogP contribution in [0.15, 0.2) is 24.3 Å². The van der Waals surface area contributed by atoms with Gasteiger partial charge >= 0.3 is 0 Å². The molecule has 0 aliphatic rings. The van der Waals surface area contributed by atoms with Crippen molar-refractivity contribution >= 4 is 22.9 Å². The lowest BCUT2D eigenvalue weighted by Gasteiger charge is -2.15. The number of hydrogen-bond acceptors (Lipinski definition) is 2. The van der Waals surface area contributed by atoms with E-state index in [-0.39, 0.29) is 17.7 Å². The summed E-state index contributed by atoms with van der Waals surface area (Å²) in [6.45, 7) is 3.93. The molecule has 1 unspecified atom stereocenters. The zero-order chi connectivity index (χ0) is 14.0. The monoisotopic (exact) mass is 301 g/mol. The molecule has 2 aromatic rings. The van der Waals surface area contributed by atoms with Crippen LogP contribution in [0.25, 0.3) is 0 Å².